The van der Waals surface area contributed by atoms with Crippen molar-refractivity contribution in [3.63, 3.8) is 0 Å². The fourth-order valence-electron chi connectivity index (χ4n) is 3.02. The topological polar surface area (TPSA) is 107 Å². The van der Waals surface area contributed by atoms with Crippen LogP contribution < -0.4 is 5.56 Å². The molecule has 28 heavy (non-hydrogen) atoms. The van der Waals surface area contributed by atoms with Gasteiger partial charge in [-0.3, -0.25) is 14.3 Å². The molecule has 0 aliphatic heterocycles. The standard InChI is InChI=1S/C18H19ClN4O4S/c1-5-22-18(25)13(9-20-22)17(24)12-6-7-14(28(4,26)27)16(15(12)19)23-11(3)8-10(2)21-23/h6-9,20H,5H2,1-4H3. The highest BCUT2D eigenvalue weighted by Crippen LogP contribution is 2.33. The molecule has 10 heteroatoms. The van der Waals surface area contributed by atoms with E-state index in [1.807, 2.05) is 0 Å². The predicted octanol–water partition coefficient (Wildman–Crippen LogP) is 2.29. The summed E-state index contributed by atoms with van der Waals surface area (Å²) < 4.78 is 27.3. The number of nitrogens with one attached hydrogen (secondary N) is 1. The number of rotatable bonds is 5. The van der Waals surface area contributed by atoms with Crippen LogP contribution in [0.15, 0.2) is 34.1 Å². The van der Waals surface area contributed by atoms with Crippen molar-refractivity contribution in [3.8, 4) is 5.69 Å². The lowest BCUT2D eigenvalue weighted by Gasteiger charge is -2.14. The quantitative estimate of drug-likeness (QED) is 0.635. The molecule has 0 atom stereocenters. The number of ketones is 1. The van der Waals surface area contributed by atoms with E-state index in [0.717, 1.165) is 6.26 Å². The van der Waals surface area contributed by atoms with Crippen molar-refractivity contribution in [3.05, 3.63) is 62.3 Å². The summed E-state index contributed by atoms with van der Waals surface area (Å²) in [5.74, 6) is -0.596. The first kappa shape index (κ1) is 20.1. The number of aromatic nitrogens is 4. The summed E-state index contributed by atoms with van der Waals surface area (Å²) in [5, 5.41) is 6.94. The van der Waals surface area contributed by atoms with Crippen molar-refractivity contribution in [1.82, 2.24) is 19.6 Å². The molecule has 2 heterocycles. The van der Waals surface area contributed by atoms with Crippen molar-refractivity contribution >= 4 is 27.2 Å². The summed E-state index contributed by atoms with van der Waals surface area (Å²) in [5.41, 5.74) is 0.895. The summed E-state index contributed by atoms with van der Waals surface area (Å²) in [6.45, 7) is 5.66. The van der Waals surface area contributed by atoms with Crippen molar-refractivity contribution in [2.45, 2.75) is 32.2 Å². The molecule has 0 radical (unpaired) electrons. The Morgan fingerprint density at radius 2 is 1.93 bits per heavy atom. The number of sulfone groups is 1. The third-order valence-electron chi connectivity index (χ3n) is 4.35. The number of aromatic amines is 1. The van der Waals surface area contributed by atoms with Crippen LogP contribution in [-0.4, -0.2) is 40.0 Å². The maximum atomic E-state index is 13.0. The summed E-state index contributed by atoms with van der Waals surface area (Å²) in [6.07, 6.45) is 2.37. The maximum absolute atomic E-state index is 13.0. The van der Waals surface area contributed by atoms with E-state index in [9.17, 15) is 18.0 Å². The lowest BCUT2D eigenvalue weighted by atomic mass is 10.1. The molecule has 0 fully saturated rings. The molecule has 0 saturated carbocycles. The molecule has 0 amide bonds. The van der Waals surface area contributed by atoms with Crippen molar-refractivity contribution < 1.29 is 13.2 Å². The molecule has 8 nitrogen and oxygen atoms in total. The molecule has 0 spiro atoms. The van der Waals surface area contributed by atoms with Crippen molar-refractivity contribution in [1.29, 1.82) is 0 Å². The Morgan fingerprint density at radius 1 is 1.25 bits per heavy atom. The van der Waals surface area contributed by atoms with Gasteiger partial charge < -0.3 is 5.10 Å². The molecule has 1 aromatic carbocycles. The largest absolute Gasteiger partial charge is 0.302 e. The summed E-state index contributed by atoms with van der Waals surface area (Å²) in [4.78, 5) is 25.2. The van der Waals surface area contributed by atoms with Crippen LogP contribution in [0.1, 0.15) is 34.2 Å². The highest BCUT2D eigenvalue weighted by atomic mass is 35.5. The fraction of sp³-hybridized carbons (Fsp3) is 0.278. The first-order valence-corrected chi connectivity index (χ1v) is 10.7. The third kappa shape index (κ3) is 3.31. The van der Waals surface area contributed by atoms with Crippen LogP contribution >= 0.6 is 11.6 Å². The molecule has 0 aliphatic carbocycles. The molecule has 0 aliphatic rings. The number of hydrogen-bond acceptors (Lipinski definition) is 5. The minimum Gasteiger partial charge on any atom is -0.302 e. The molecule has 3 rings (SSSR count). The molecular weight excluding hydrogens is 404 g/mol. The van der Waals surface area contributed by atoms with E-state index in [4.69, 9.17) is 11.6 Å². The van der Waals surface area contributed by atoms with Crippen LogP contribution in [0.2, 0.25) is 5.02 Å². The van der Waals surface area contributed by atoms with Gasteiger partial charge in [-0.1, -0.05) is 11.6 Å². The Labute approximate surface area is 166 Å². The first-order valence-electron chi connectivity index (χ1n) is 8.45. The minimum atomic E-state index is -3.66. The van der Waals surface area contributed by atoms with Crippen LogP contribution in [0.25, 0.3) is 5.69 Å². The van der Waals surface area contributed by atoms with Gasteiger partial charge in [0.2, 0.25) is 5.78 Å². The number of carbonyl (C=O) groups is 1. The number of H-pyrrole nitrogens is 1. The Bertz CT molecular complexity index is 1250. The van der Waals surface area contributed by atoms with Crippen molar-refractivity contribution in [2.24, 2.45) is 0 Å². The number of hydrogen-bond donors (Lipinski definition) is 1. The summed E-state index contributed by atoms with van der Waals surface area (Å²) in [6, 6.07) is 4.40. The Balaban J connectivity index is 2.29. The predicted molar refractivity (Wildman–Crippen MR) is 105 cm³/mol. The smallest absolute Gasteiger partial charge is 0.277 e. The van der Waals surface area contributed by atoms with Crippen LogP contribution in [0.3, 0.4) is 0 Å². The van der Waals surface area contributed by atoms with Gasteiger partial charge in [0.1, 0.15) is 11.3 Å². The second kappa shape index (κ2) is 7.06. The third-order valence-corrected chi connectivity index (χ3v) is 5.86. The average molecular weight is 423 g/mol. The van der Waals surface area contributed by atoms with Gasteiger partial charge in [0.15, 0.2) is 9.84 Å². The number of aryl methyl sites for hydroxylation is 3. The number of carbonyl (C=O) groups excluding carboxylic acids is 1. The Morgan fingerprint density at radius 3 is 2.43 bits per heavy atom. The lowest BCUT2D eigenvalue weighted by molar-refractivity contribution is 0.103. The second-order valence-corrected chi connectivity index (χ2v) is 8.81. The van der Waals surface area contributed by atoms with Gasteiger partial charge in [-0.05, 0) is 39.0 Å². The summed E-state index contributed by atoms with van der Waals surface area (Å²) in [7, 11) is -3.66. The SMILES string of the molecule is CCn1[nH]cc(C(=O)c2ccc(S(C)(=O)=O)c(-n3nc(C)cc3C)c2Cl)c1=O. The molecular formula is C18H19ClN4O4S. The van der Waals surface area contributed by atoms with Gasteiger partial charge in [0, 0.05) is 30.3 Å². The van der Waals surface area contributed by atoms with Crippen LogP contribution in [0.4, 0.5) is 0 Å². The molecule has 2 aromatic heterocycles. The first-order chi connectivity index (χ1) is 13.1. The zero-order chi connectivity index (χ0) is 20.8. The van der Waals surface area contributed by atoms with E-state index in [2.05, 4.69) is 10.2 Å². The van der Waals surface area contributed by atoms with E-state index in [0.29, 0.717) is 17.9 Å². The van der Waals surface area contributed by atoms with Gasteiger partial charge in [0.05, 0.1) is 15.6 Å². The Hall–Kier alpha value is -2.65. The van der Waals surface area contributed by atoms with E-state index in [1.165, 1.54) is 27.7 Å². The highest BCUT2D eigenvalue weighted by molar-refractivity contribution is 7.90. The van der Waals surface area contributed by atoms with Gasteiger partial charge in [0.25, 0.3) is 5.56 Å². The van der Waals surface area contributed by atoms with Crippen LogP contribution in [-0.2, 0) is 16.4 Å². The number of nitrogens with zero attached hydrogens (tertiary/aromatic N) is 3. The van der Waals surface area contributed by atoms with Crippen LogP contribution in [0, 0.1) is 13.8 Å². The minimum absolute atomic E-state index is 0.0240. The molecule has 0 saturated heterocycles. The zero-order valence-corrected chi connectivity index (χ0v) is 17.3. The molecule has 148 valence electrons. The van der Waals surface area contributed by atoms with E-state index < -0.39 is 21.2 Å². The maximum Gasteiger partial charge on any atom is 0.277 e. The normalized spacial score (nSPS) is 11.8. The number of benzene rings is 1. The zero-order valence-electron chi connectivity index (χ0n) is 15.8. The highest BCUT2D eigenvalue weighted by Gasteiger charge is 2.26. The van der Waals surface area contributed by atoms with Crippen LogP contribution in [0.5, 0.6) is 0 Å². The van der Waals surface area contributed by atoms with E-state index in [-0.39, 0.29) is 26.7 Å². The summed E-state index contributed by atoms with van der Waals surface area (Å²) >= 11 is 6.51. The van der Waals surface area contributed by atoms with E-state index >= 15 is 0 Å². The lowest BCUT2D eigenvalue weighted by Crippen LogP contribution is -2.21. The van der Waals surface area contributed by atoms with Gasteiger partial charge >= 0.3 is 0 Å². The average Bonchev–Trinajstić information content (AvgIpc) is 3.14. The number of halogens is 1. The van der Waals surface area contributed by atoms with E-state index in [1.54, 1.807) is 26.8 Å². The van der Waals surface area contributed by atoms with Gasteiger partial charge in [-0.25, -0.2) is 13.1 Å². The monoisotopic (exact) mass is 422 g/mol. The van der Waals surface area contributed by atoms with Gasteiger partial charge in [-0.2, -0.15) is 5.10 Å². The Kier molecular flexibility index (Phi) is 5.07. The fourth-order valence-corrected chi connectivity index (χ4v) is 4.27. The second-order valence-electron chi connectivity index (χ2n) is 6.45. The molecule has 1 N–H and O–H groups in total. The molecule has 0 bridgehead atoms. The molecule has 3 aromatic rings. The van der Waals surface area contributed by atoms with Gasteiger partial charge in [-0.15, -0.1) is 0 Å². The molecule has 0 unspecified atom stereocenters. The van der Waals surface area contributed by atoms with Crippen molar-refractivity contribution in [2.75, 3.05) is 6.26 Å².